The summed E-state index contributed by atoms with van der Waals surface area (Å²) in [5, 5.41) is 51.8. The van der Waals surface area contributed by atoms with Crippen LogP contribution >= 0.6 is 0 Å². The largest absolute Gasteiger partial charge is 0.507 e. The fourth-order valence-corrected chi connectivity index (χ4v) is 8.20. The van der Waals surface area contributed by atoms with Crippen LogP contribution in [0.1, 0.15) is 61.0 Å². The molecule has 1 amide bonds. The summed E-state index contributed by atoms with van der Waals surface area (Å²) < 4.78 is 30.1. The fourth-order valence-electron chi connectivity index (χ4n) is 8.20. The van der Waals surface area contributed by atoms with Gasteiger partial charge in [-0.15, -0.1) is 0 Å². The maximum atomic E-state index is 14.6. The number of aliphatic hydroxyl groups excluding tert-OH is 3. The standard InChI is InChI=1S/C45H53N3O13/c1-11-46-26-17-27(50)33-29(18-26)60-42-34(47-33)30-31-38(53)24(7)41-32(30)43(55)45(9,61-41)58-16-15-28(57-10)21(4)40(59-25(8)49)23(6)37(52)22(5)36(51)19(2)13-12-14-20(3)44(56)48-35(42)39(31)54/h12-19,21-23,28,36-37,40,46,51-53,55H,11H2,1-10H3,(H,48,56). The first-order valence-corrected chi connectivity index (χ1v) is 20.1. The molecule has 0 saturated carbocycles. The molecule has 61 heavy (non-hydrogen) atoms. The predicted molar refractivity (Wildman–Crippen MR) is 229 cm³/mol. The molecule has 2 aliphatic rings. The third kappa shape index (κ3) is 8.02. The van der Waals surface area contributed by atoms with E-state index in [-0.39, 0.29) is 55.1 Å². The van der Waals surface area contributed by atoms with E-state index in [1.807, 2.05) is 6.92 Å². The molecule has 3 heterocycles. The van der Waals surface area contributed by atoms with Crippen LogP contribution in [-0.2, 0) is 23.8 Å². The van der Waals surface area contributed by atoms with Gasteiger partial charge in [0.2, 0.25) is 10.9 Å². The van der Waals surface area contributed by atoms with Crippen LogP contribution in [0, 0.1) is 30.6 Å². The average molecular weight is 844 g/mol. The zero-order valence-corrected chi connectivity index (χ0v) is 35.8. The summed E-state index contributed by atoms with van der Waals surface area (Å²) in [6, 6.07) is 2.86. The Hall–Kier alpha value is -5.97. The highest BCUT2D eigenvalue weighted by Gasteiger charge is 2.44. The van der Waals surface area contributed by atoms with Gasteiger partial charge in [-0.3, -0.25) is 19.2 Å². The van der Waals surface area contributed by atoms with Crippen molar-refractivity contribution in [2.75, 3.05) is 24.3 Å². The molecule has 0 spiro atoms. The Morgan fingerprint density at radius 1 is 0.984 bits per heavy atom. The van der Waals surface area contributed by atoms with Crippen LogP contribution in [0.4, 0.5) is 11.4 Å². The minimum atomic E-state index is -1.98. The minimum absolute atomic E-state index is 0.0107. The molecule has 4 aromatic rings. The number of aromatic hydroxyl groups is 1. The van der Waals surface area contributed by atoms with E-state index in [0.29, 0.717) is 12.2 Å². The molecular formula is C45H53N3O13. The number of nitrogens with one attached hydrogen (secondary N) is 2. The number of rotatable bonds is 4. The molecule has 326 valence electrons. The van der Waals surface area contributed by atoms with Crippen LogP contribution in [0.25, 0.3) is 38.7 Å². The van der Waals surface area contributed by atoms with Gasteiger partial charge in [0.05, 0.1) is 35.2 Å². The Kier molecular flexibility index (Phi) is 12.6. The molecule has 1 aromatic heterocycles. The van der Waals surface area contributed by atoms with Gasteiger partial charge in [0.1, 0.15) is 28.8 Å². The van der Waals surface area contributed by atoms with E-state index >= 15 is 0 Å². The van der Waals surface area contributed by atoms with Gasteiger partial charge in [-0.05, 0) is 26.8 Å². The first-order chi connectivity index (χ1) is 28.8. The molecule has 0 fully saturated rings. The number of hydrogen-bond acceptors (Lipinski definition) is 15. The number of amides is 1. The Morgan fingerprint density at radius 2 is 1.69 bits per heavy atom. The van der Waals surface area contributed by atoms with E-state index < -0.39 is 93.8 Å². The van der Waals surface area contributed by atoms with Crippen LogP contribution in [0.5, 0.6) is 11.5 Å². The Bertz CT molecular complexity index is 2690. The van der Waals surface area contributed by atoms with E-state index in [1.54, 1.807) is 39.8 Å². The lowest BCUT2D eigenvalue weighted by molar-refractivity contribution is -0.160. The number of carbonyl (C=O) groups is 2. The van der Waals surface area contributed by atoms with Crippen LogP contribution in [-0.4, -0.2) is 81.1 Å². The van der Waals surface area contributed by atoms with Crippen molar-refractivity contribution in [2.24, 2.45) is 23.7 Å². The third-order valence-electron chi connectivity index (χ3n) is 11.8. The number of fused-ring (bicyclic) bond motifs is 5. The number of phenols is 1. The van der Waals surface area contributed by atoms with Crippen molar-refractivity contribution in [1.82, 2.24) is 4.98 Å². The zero-order chi connectivity index (χ0) is 44.8. The van der Waals surface area contributed by atoms with Crippen molar-refractivity contribution >= 4 is 62.0 Å². The quantitative estimate of drug-likeness (QED) is 0.0902. The van der Waals surface area contributed by atoms with Crippen molar-refractivity contribution in [3.05, 3.63) is 79.5 Å². The number of hydrogen-bond donors (Lipinski definition) is 6. The monoisotopic (exact) mass is 843 g/mol. The van der Waals surface area contributed by atoms with Crippen molar-refractivity contribution in [3.8, 4) is 11.5 Å². The van der Waals surface area contributed by atoms with Crippen molar-refractivity contribution in [1.29, 1.82) is 0 Å². The maximum absolute atomic E-state index is 14.6. The summed E-state index contributed by atoms with van der Waals surface area (Å²) >= 11 is 0. The highest BCUT2D eigenvalue weighted by molar-refractivity contribution is 6.16. The first kappa shape index (κ1) is 44.6. The summed E-state index contributed by atoms with van der Waals surface area (Å²) in [7, 11) is 1.44. The number of aliphatic hydroxyl groups is 3. The summed E-state index contributed by atoms with van der Waals surface area (Å²) in [4.78, 5) is 59.0. The molecule has 5 bridgehead atoms. The second-order valence-corrected chi connectivity index (χ2v) is 16.1. The zero-order valence-electron chi connectivity index (χ0n) is 35.8. The molecule has 9 atom stereocenters. The number of nitrogens with zero attached hydrogens (tertiary/aromatic N) is 1. The minimum Gasteiger partial charge on any atom is -0.507 e. The normalized spacial score (nSPS) is 27.6. The lowest BCUT2D eigenvalue weighted by Crippen LogP contribution is -2.46. The molecule has 16 nitrogen and oxygen atoms in total. The van der Waals surface area contributed by atoms with Gasteiger partial charge in [0.25, 0.3) is 5.91 Å². The van der Waals surface area contributed by atoms with Gasteiger partial charge in [-0.1, -0.05) is 45.9 Å². The molecule has 2 aliphatic heterocycles. The summed E-state index contributed by atoms with van der Waals surface area (Å²) in [5.41, 5.74) is -1.74. The number of ether oxygens (including phenoxy) is 4. The summed E-state index contributed by atoms with van der Waals surface area (Å²) in [6.07, 6.45) is 3.51. The van der Waals surface area contributed by atoms with Crippen LogP contribution in [0.3, 0.4) is 0 Å². The van der Waals surface area contributed by atoms with Crippen molar-refractivity contribution in [3.63, 3.8) is 0 Å². The van der Waals surface area contributed by atoms with Crippen LogP contribution < -0.4 is 31.4 Å². The fraction of sp³-hybridized carbons (Fsp3) is 0.444. The van der Waals surface area contributed by atoms with Gasteiger partial charge in [-0.25, -0.2) is 4.98 Å². The Morgan fingerprint density at radius 3 is 2.34 bits per heavy atom. The highest BCUT2D eigenvalue weighted by atomic mass is 16.7. The molecule has 0 radical (unpaired) electrons. The number of phenolic OH excluding ortho intramolecular Hbond substituents is 1. The Balaban J connectivity index is 1.65. The van der Waals surface area contributed by atoms with E-state index in [9.17, 15) is 39.6 Å². The number of aromatic nitrogens is 1. The topological polar surface area (TPSA) is 236 Å². The SMILES string of the molecule is CCNc1cc(=O)c2nc3c(oc2c1)c1c(=O)c2c(O)c(C)c4c(c23)=C(O)C(C)(OC=CC(OC)C(C)C(OC(C)=O)C(C)C(O)C(C)C(O)C(C)C=CC=C(C)C(=O)N1)O4. The number of esters is 1. The Labute approximate surface area is 351 Å². The predicted octanol–water partition coefficient (Wildman–Crippen LogP) is 4.99. The summed E-state index contributed by atoms with van der Waals surface area (Å²) in [5.74, 6) is -6.95. The van der Waals surface area contributed by atoms with E-state index in [0.717, 1.165) is 0 Å². The van der Waals surface area contributed by atoms with E-state index in [1.165, 1.54) is 65.4 Å². The number of allylic oxidation sites excluding steroid dienone is 2. The number of anilines is 2. The van der Waals surface area contributed by atoms with Crippen LogP contribution in [0.2, 0.25) is 0 Å². The van der Waals surface area contributed by atoms with Crippen molar-refractivity contribution in [2.45, 2.75) is 92.5 Å². The van der Waals surface area contributed by atoms with Gasteiger partial charge < -0.3 is 54.4 Å². The molecule has 9 unspecified atom stereocenters. The van der Waals surface area contributed by atoms with E-state index in [2.05, 4.69) is 15.6 Å². The smallest absolute Gasteiger partial charge is 0.307 e. The number of methoxy groups -OCH3 is 1. The van der Waals surface area contributed by atoms with Gasteiger partial charge in [-0.2, -0.15) is 0 Å². The summed E-state index contributed by atoms with van der Waals surface area (Å²) in [6.45, 7) is 14.9. The molecular weight excluding hydrogens is 791 g/mol. The van der Waals surface area contributed by atoms with Gasteiger partial charge >= 0.3 is 11.8 Å². The van der Waals surface area contributed by atoms with E-state index in [4.69, 9.17) is 23.4 Å². The lowest BCUT2D eigenvalue weighted by atomic mass is 9.78. The number of benzene rings is 3. The maximum Gasteiger partial charge on any atom is 0.307 e. The second kappa shape index (κ2) is 17.2. The average Bonchev–Trinajstić information content (AvgIpc) is 3.48. The molecule has 0 aliphatic carbocycles. The first-order valence-electron chi connectivity index (χ1n) is 20.1. The lowest BCUT2D eigenvalue weighted by Gasteiger charge is -2.38. The van der Waals surface area contributed by atoms with Crippen molar-refractivity contribution < 1.29 is 53.4 Å². The highest BCUT2D eigenvalue weighted by Crippen LogP contribution is 2.42. The second-order valence-electron chi connectivity index (χ2n) is 16.1. The molecule has 16 heteroatoms. The van der Waals surface area contributed by atoms with Gasteiger partial charge in [0.15, 0.2) is 22.4 Å². The van der Waals surface area contributed by atoms with Crippen LogP contribution in [0.15, 0.2) is 62.3 Å². The third-order valence-corrected chi connectivity index (χ3v) is 11.8. The van der Waals surface area contributed by atoms with Gasteiger partial charge in [0, 0.05) is 85.5 Å². The molecule has 0 saturated heterocycles. The molecule has 6 rings (SSSR count). The number of carbonyl (C=O) groups excluding carboxylic acids is 2. The molecule has 3 aromatic carbocycles. The molecule has 6 N–H and O–H groups in total.